The average molecular weight is 334 g/mol. The Morgan fingerprint density at radius 2 is 1.62 bits per heavy atom. The molecule has 124 valence electrons. The van der Waals surface area contributed by atoms with Gasteiger partial charge in [-0.15, -0.1) is 0 Å². The van der Waals surface area contributed by atoms with Gasteiger partial charge in [-0.05, 0) is 35.9 Å². The van der Waals surface area contributed by atoms with E-state index in [1.807, 2.05) is 0 Å². The first-order valence-corrected chi connectivity index (χ1v) is 7.23. The van der Waals surface area contributed by atoms with Gasteiger partial charge in [-0.1, -0.05) is 24.3 Å². The lowest BCUT2D eigenvalue weighted by Crippen LogP contribution is -2.15. The van der Waals surface area contributed by atoms with Gasteiger partial charge in [0.05, 0.1) is 5.56 Å². The summed E-state index contributed by atoms with van der Waals surface area (Å²) < 4.78 is 48.4. The molecule has 24 heavy (non-hydrogen) atoms. The van der Waals surface area contributed by atoms with E-state index in [2.05, 4.69) is 0 Å². The van der Waals surface area contributed by atoms with Gasteiger partial charge in [-0.25, -0.2) is 0 Å². The number of ether oxygens (including phenoxy) is 2. The lowest BCUT2D eigenvalue weighted by Gasteiger charge is -2.18. The van der Waals surface area contributed by atoms with Crippen molar-refractivity contribution in [3.63, 3.8) is 0 Å². The summed E-state index contributed by atoms with van der Waals surface area (Å²) in [7, 11) is 0. The monoisotopic (exact) mass is 334 g/mol. The molecule has 1 aliphatic rings. The van der Waals surface area contributed by atoms with E-state index in [4.69, 9.17) is 9.47 Å². The molecule has 0 N–H and O–H groups in total. The van der Waals surface area contributed by atoms with Crippen LogP contribution in [-0.2, 0) is 6.18 Å². The van der Waals surface area contributed by atoms with Gasteiger partial charge in [-0.3, -0.25) is 4.79 Å². The molecule has 0 saturated heterocycles. The van der Waals surface area contributed by atoms with Crippen molar-refractivity contribution in [2.24, 2.45) is 0 Å². The fourth-order valence-electron chi connectivity index (χ4n) is 2.26. The van der Waals surface area contributed by atoms with Crippen LogP contribution in [0.25, 0.3) is 6.08 Å². The summed E-state index contributed by atoms with van der Waals surface area (Å²) >= 11 is 0. The molecule has 2 aromatic rings. The Morgan fingerprint density at radius 1 is 0.958 bits per heavy atom. The highest BCUT2D eigenvalue weighted by molar-refractivity contribution is 6.06. The summed E-state index contributed by atoms with van der Waals surface area (Å²) in [5.74, 6) is 0.872. The van der Waals surface area contributed by atoms with Crippen LogP contribution in [0.5, 0.6) is 11.5 Å². The molecule has 0 fully saturated rings. The van der Waals surface area contributed by atoms with Crippen molar-refractivity contribution < 1.29 is 27.4 Å². The number of benzene rings is 2. The summed E-state index contributed by atoms with van der Waals surface area (Å²) in [5, 5.41) is 0. The number of hydrogen-bond donors (Lipinski definition) is 0. The van der Waals surface area contributed by atoms with Crippen LogP contribution in [0, 0.1) is 0 Å². The van der Waals surface area contributed by atoms with Crippen molar-refractivity contribution in [2.75, 3.05) is 13.2 Å². The Kier molecular flexibility index (Phi) is 4.29. The number of rotatable bonds is 3. The van der Waals surface area contributed by atoms with Crippen LogP contribution in [0.15, 0.2) is 48.5 Å². The van der Waals surface area contributed by atoms with E-state index in [1.165, 1.54) is 18.2 Å². The van der Waals surface area contributed by atoms with E-state index in [1.54, 1.807) is 24.3 Å². The Labute approximate surface area is 136 Å². The Hall–Kier alpha value is -2.76. The van der Waals surface area contributed by atoms with E-state index in [9.17, 15) is 18.0 Å². The van der Waals surface area contributed by atoms with Crippen LogP contribution in [0.4, 0.5) is 13.2 Å². The lowest BCUT2D eigenvalue weighted by molar-refractivity contribution is -0.137. The molecule has 6 heteroatoms. The molecule has 0 aromatic heterocycles. The van der Waals surface area contributed by atoms with Crippen molar-refractivity contribution in [2.45, 2.75) is 6.18 Å². The zero-order valence-electron chi connectivity index (χ0n) is 12.5. The molecule has 0 amide bonds. The van der Waals surface area contributed by atoms with E-state index in [0.717, 1.165) is 17.7 Å². The number of carbonyl (C=O) groups excluding carboxylic acids is 1. The van der Waals surface area contributed by atoms with Crippen LogP contribution in [0.2, 0.25) is 0 Å². The largest absolute Gasteiger partial charge is 0.486 e. The van der Waals surface area contributed by atoms with Crippen LogP contribution in [0.1, 0.15) is 21.5 Å². The minimum absolute atomic E-state index is 0.191. The molecule has 0 spiro atoms. The number of halogens is 3. The Morgan fingerprint density at radius 3 is 2.29 bits per heavy atom. The fourth-order valence-corrected chi connectivity index (χ4v) is 2.26. The maximum atomic E-state index is 12.5. The van der Waals surface area contributed by atoms with Crippen molar-refractivity contribution in [3.8, 4) is 11.5 Å². The van der Waals surface area contributed by atoms with Crippen LogP contribution >= 0.6 is 0 Å². The minimum atomic E-state index is -4.41. The zero-order valence-corrected chi connectivity index (χ0v) is 12.5. The number of ketones is 1. The fraction of sp³-hybridized carbons (Fsp3) is 0.167. The number of fused-ring (bicyclic) bond motifs is 1. The summed E-state index contributed by atoms with van der Waals surface area (Å²) in [6.45, 7) is 0.958. The molecule has 1 aliphatic heterocycles. The number of carbonyl (C=O) groups is 1. The molecule has 3 nitrogen and oxygen atoms in total. The smallest absolute Gasteiger partial charge is 0.416 e. The minimum Gasteiger partial charge on any atom is -0.486 e. The summed E-state index contributed by atoms with van der Waals surface area (Å²) in [6, 6.07) is 9.38. The third-order valence-electron chi connectivity index (χ3n) is 3.49. The van der Waals surface area contributed by atoms with Gasteiger partial charge < -0.3 is 9.47 Å². The maximum Gasteiger partial charge on any atom is 0.416 e. The second-order valence-electron chi connectivity index (χ2n) is 5.18. The van der Waals surface area contributed by atoms with Gasteiger partial charge in [0.15, 0.2) is 17.3 Å². The third kappa shape index (κ3) is 3.59. The van der Waals surface area contributed by atoms with Gasteiger partial charge in [0.25, 0.3) is 0 Å². The second kappa shape index (κ2) is 6.39. The van der Waals surface area contributed by atoms with Crippen molar-refractivity contribution in [1.29, 1.82) is 0 Å². The molecule has 1 heterocycles. The SMILES string of the molecule is O=C(/C=C/c1ccc2c(c1)OCCO2)c1ccc(C(F)(F)F)cc1. The van der Waals surface area contributed by atoms with Crippen LogP contribution in [0.3, 0.4) is 0 Å². The zero-order chi connectivity index (χ0) is 17.2. The third-order valence-corrected chi connectivity index (χ3v) is 3.49. The Bertz CT molecular complexity index is 777. The second-order valence-corrected chi connectivity index (χ2v) is 5.18. The molecule has 0 atom stereocenters. The van der Waals surface area contributed by atoms with Gasteiger partial charge >= 0.3 is 6.18 Å². The predicted octanol–water partition coefficient (Wildman–Crippen LogP) is 4.37. The van der Waals surface area contributed by atoms with Crippen molar-refractivity contribution >= 4 is 11.9 Å². The highest BCUT2D eigenvalue weighted by atomic mass is 19.4. The molecule has 0 radical (unpaired) electrons. The highest BCUT2D eigenvalue weighted by Gasteiger charge is 2.30. The number of allylic oxidation sites excluding steroid dienone is 1. The standard InChI is InChI=1S/C18H13F3O3/c19-18(20,21)14-5-3-13(4-6-14)15(22)7-1-12-2-8-16-17(11-12)24-10-9-23-16/h1-8,11H,9-10H2/b7-1+. The first-order valence-electron chi connectivity index (χ1n) is 7.23. The molecule has 2 aromatic carbocycles. The molecule has 0 saturated carbocycles. The summed E-state index contributed by atoms with van der Waals surface area (Å²) in [5.41, 5.74) is 0.145. The van der Waals surface area contributed by atoms with Crippen molar-refractivity contribution in [1.82, 2.24) is 0 Å². The summed E-state index contributed by atoms with van der Waals surface area (Å²) in [4.78, 5) is 12.0. The normalized spacial score (nSPS) is 14.0. The molecule has 3 rings (SSSR count). The van der Waals surface area contributed by atoms with Crippen LogP contribution < -0.4 is 9.47 Å². The quantitative estimate of drug-likeness (QED) is 0.617. The first-order chi connectivity index (χ1) is 11.4. The molecular formula is C18H13F3O3. The van der Waals surface area contributed by atoms with Crippen LogP contribution in [-0.4, -0.2) is 19.0 Å². The van der Waals surface area contributed by atoms with E-state index < -0.39 is 11.7 Å². The van der Waals surface area contributed by atoms with Gasteiger partial charge in [0.2, 0.25) is 0 Å². The molecule has 0 unspecified atom stereocenters. The van der Waals surface area contributed by atoms with E-state index in [-0.39, 0.29) is 11.3 Å². The van der Waals surface area contributed by atoms with E-state index in [0.29, 0.717) is 24.7 Å². The average Bonchev–Trinajstić information content (AvgIpc) is 2.59. The van der Waals surface area contributed by atoms with Gasteiger partial charge in [0, 0.05) is 5.56 Å². The topological polar surface area (TPSA) is 35.5 Å². The van der Waals surface area contributed by atoms with Crippen molar-refractivity contribution in [3.05, 3.63) is 65.2 Å². The molecule has 0 bridgehead atoms. The Balaban J connectivity index is 1.73. The van der Waals surface area contributed by atoms with E-state index >= 15 is 0 Å². The number of hydrogen-bond acceptors (Lipinski definition) is 3. The van der Waals surface area contributed by atoms with Gasteiger partial charge in [-0.2, -0.15) is 13.2 Å². The number of alkyl halides is 3. The molecule has 0 aliphatic carbocycles. The predicted molar refractivity (Wildman–Crippen MR) is 82.2 cm³/mol. The first kappa shape index (κ1) is 16.1. The summed E-state index contributed by atoms with van der Waals surface area (Å²) in [6.07, 6.45) is -1.52. The highest BCUT2D eigenvalue weighted by Crippen LogP contribution is 2.31. The maximum absolute atomic E-state index is 12.5. The van der Waals surface area contributed by atoms with Gasteiger partial charge in [0.1, 0.15) is 13.2 Å². The molecular weight excluding hydrogens is 321 g/mol. The lowest BCUT2D eigenvalue weighted by atomic mass is 10.1.